The molecule has 22 heavy (non-hydrogen) atoms. The lowest BCUT2D eigenvalue weighted by Crippen LogP contribution is -2.05. The molecule has 0 atom stereocenters. The summed E-state index contributed by atoms with van der Waals surface area (Å²) in [6.07, 6.45) is 0. The van der Waals surface area contributed by atoms with Crippen molar-refractivity contribution in [3.05, 3.63) is 24.3 Å². The van der Waals surface area contributed by atoms with Crippen molar-refractivity contribution in [1.82, 2.24) is 0 Å². The minimum Gasteiger partial charge on any atom is -0.870 e. The molecule has 0 saturated carbocycles. The Balaban J connectivity index is 2.75. The Morgan fingerprint density at radius 1 is 1.32 bits per heavy atom. The van der Waals surface area contributed by atoms with Crippen LogP contribution < -0.4 is 5.11 Å². The monoisotopic (exact) mass is 340 g/mol. The summed E-state index contributed by atoms with van der Waals surface area (Å²) < 4.78 is 37.7. The van der Waals surface area contributed by atoms with Gasteiger partial charge in [0.1, 0.15) is 10.1 Å². The second kappa shape index (κ2) is 6.60. The Labute approximate surface area is 129 Å². The van der Waals surface area contributed by atoms with Gasteiger partial charge in [0.15, 0.2) is 0 Å². The molecule has 0 saturated heterocycles. The lowest BCUT2D eigenvalue weighted by atomic mass is 10.1. The summed E-state index contributed by atoms with van der Waals surface area (Å²) in [6, 6.07) is 5.21. The molecule has 0 aromatic heterocycles. The summed E-state index contributed by atoms with van der Waals surface area (Å²) in [5.74, 6) is -1.09. The van der Waals surface area contributed by atoms with Crippen molar-refractivity contribution in [3.63, 3.8) is 0 Å². The van der Waals surface area contributed by atoms with Crippen LogP contribution in [0, 0.1) is 0 Å². The van der Waals surface area contributed by atoms with E-state index in [0.717, 1.165) is 6.07 Å². The molecular weight excluding hydrogens is 335 g/mol. The zero-order valence-corrected chi connectivity index (χ0v) is 12.1. The SMILES string of the molecule is [B]N=Nc1c([O-])c(S(=O)(=O)[O-])cc2cc(SOOO)ccc12. The van der Waals surface area contributed by atoms with Gasteiger partial charge in [-0.3, -0.25) is 5.03 Å². The summed E-state index contributed by atoms with van der Waals surface area (Å²) in [5, 5.41) is 30.3. The third kappa shape index (κ3) is 3.37. The quantitative estimate of drug-likeness (QED) is 0.215. The molecule has 2 aromatic carbocycles. The Morgan fingerprint density at radius 3 is 2.64 bits per heavy atom. The standard InChI is InChI=1S/C10H7BN2O7S2/c11-13-12-9-7-2-1-6(21-20-19-15)3-5(7)4-8(10(9)14)22(16,17)18/h1-4,14-15H,(H,16,17,18)/p-2. The number of hydrogen-bond acceptors (Lipinski definition) is 10. The minimum atomic E-state index is -5.00. The fraction of sp³-hybridized carbons (Fsp3) is 0. The average molecular weight is 340 g/mol. The van der Waals surface area contributed by atoms with Crippen molar-refractivity contribution < 1.29 is 32.7 Å². The molecule has 0 amide bonds. The highest BCUT2D eigenvalue weighted by molar-refractivity contribution is 7.94. The summed E-state index contributed by atoms with van der Waals surface area (Å²) in [5.41, 5.74) is -0.370. The highest BCUT2D eigenvalue weighted by Crippen LogP contribution is 2.40. The molecule has 0 aliphatic rings. The fourth-order valence-corrected chi connectivity index (χ4v) is 2.77. The number of benzene rings is 2. The molecule has 0 unspecified atom stereocenters. The normalized spacial score (nSPS) is 12.3. The molecule has 0 heterocycles. The topological polar surface area (TPSA) is 144 Å². The molecule has 0 aliphatic heterocycles. The van der Waals surface area contributed by atoms with E-state index in [-0.39, 0.29) is 16.5 Å². The van der Waals surface area contributed by atoms with Gasteiger partial charge < -0.3 is 9.66 Å². The second-order valence-corrected chi connectivity index (χ2v) is 5.95. The first-order valence-corrected chi connectivity index (χ1v) is 7.53. The Bertz CT molecular complexity index is 841. The van der Waals surface area contributed by atoms with Crippen LogP contribution in [0.5, 0.6) is 5.75 Å². The zero-order valence-electron chi connectivity index (χ0n) is 10.5. The van der Waals surface area contributed by atoms with Crippen LogP contribution in [0.1, 0.15) is 0 Å². The number of hydrogen-bond donors (Lipinski definition) is 1. The molecule has 2 radical (unpaired) electrons. The highest BCUT2D eigenvalue weighted by Gasteiger charge is 2.12. The Hall–Kier alpha value is -1.70. The smallest absolute Gasteiger partial charge is 0.293 e. The van der Waals surface area contributed by atoms with Gasteiger partial charge in [0.25, 0.3) is 7.98 Å². The van der Waals surface area contributed by atoms with E-state index < -0.39 is 20.8 Å². The molecule has 0 aliphatic carbocycles. The molecule has 2 aromatic rings. The van der Waals surface area contributed by atoms with Crippen molar-refractivity contribution in [3.8, 4) is 5.75 Å². The summed E-state index contributed by atoms with van der Waals surface area (Å²) in [7, 11) is -0.105. The van der Waals surface area contributed by atoms with Crippen LogP contribution in [0.15, 0.2) is 44.2 Å². The van der Waals surface area contributed by atoms with E-state index in [0.29, 0.717) is 16.9 Å². The molecule has 2 rings (SSSR count). The Morgan fingerprint density at radius 2 is 2.05 bits per heavy atom. The van der Waals surface area contributed by atoms with Gasteiger partial charge in [0, 0.05) is 15.2 Å². The summed E-state index contributed by atoms with van der Waals surface area (Å²) in [4.78, 5) is -0.575. The molecular formula is C10H5BN2O7S2-2. The van der Waals surface area contributed by atoms with E-state index in [1.807, 2.05) is 0 Å². The van der Waals surface area contributed by atoms with Crippen LogP contribution in [-0.2, 0) is 19.5 Å². The van der Waals surface area contributed by atoms with Crippen molar-refractivity contribution in [2.75, 3.05) is 0 Å². The van der Waals surface area contributed by atoms with Crippen LogP contribution >= 0.6 is 12.0 Å². The maximum Gasteiger partial charge on any atom is 0.293 e. The van der Waals surface area contributed by atoms with Gasteiger partial charge in [0.2, 0.25) is 0 Å². The molecule has 1 N–H and O–H groups in total. The van der Waals surface area contributed by atoms with Gasteiger partial charge in [-0.05, 0) is 23.6 Å². The van der Waals surface area contributed by atoms with Crippen LogP contribution in [0.2, 0.25) is 0 Å². The third-order valence-electron chi connectivity index (χ3n) is 2.59. The van der Waals surface area contributed by atoms with Crippen molar-refractivity contribution in [1.29, 1.82) is 0 Å². The van der Waals surface area contributed by atoms with Crippen molar-refractivity contribution in [2.45, 2.75) is 9.79 Å². The largest absolute Gasteiger partial charge is 0.870 e. The van der Waals surface area contributed by atoms with Crippen molar-refractivity contribution >= 4 is 46.6 Å². The molecule has 12 heteroatoms. The third-order valence-corrected chi connectivity index (χ3v) is 4.01. The maximum absolute atomic E-state index is 12.0. The Kier molecular flexibility index (Phi) is 5.00. The van der Waals surface area contributed by atoms with E-state index in [1.165, 1.54) is 18.2 Å². The summed E-state index contributed by atoms with van der Waals surface area (Å²) >= 11 is 0.615. The van der Waals surface area contributed by atoms with E-state index in [1.54, 1.807) is 0 Å². The molecule has 0 bridgehead atoms. The first kappa shape index (κ1) is 16.7. The second-order valence-electron chi connectivity index (χ2n) is 3.83. The molecule has 0 fully saturated rings. The van der Waals surface area contributed by atoms with Gasteiger partial charge in [0.05, 0.1) is 17.7 Å². The van der Waals surface area contributed by atoms with Gasteiger partial charge >= 0.3 is 0 Å². The number of nitrogens with zero attached hydrogens (tertiary/aromatic N) is 2. The molecule has 114 valence electrons. The van der Waals surface area contributed by atoms with Gasteiger partial charge in [-0.2, -0.15) is 5.11 Å². The van der Waals surface area contributed by atoms with Gasteiger partial charge in [-0.1, -0.05) is 16.9 Å². The predicted octanol–water partition coefficient (Wildman–Crippen LogP) is 1.41. The predicted molar refractivity (Wildman–Crippen MR) is 72.3 cm³/mol. The van der Waals surface area contributed by atoms with Crippen molar-refractivity contribution in [2.24, 2.45) is 10.1 Å². The first-order valence-electron chi connectivity index (χ1n) is 5.38. The van der Waals surface area contributed by atoms with Crippen LogP contribution in [0.4, 0.5) is 5.69 Å². The van der Waals surface area contributed by atoms with Crippen LogP contribution in [-0.4, -0.2) is 26.2 Å². The van der Waals surface area contributed by atoms with Gasteiger partial charge in [-0.25, -0.2) is 13.7 Å². The van der Waals surface area contributed by atoms with Crippen LogP contribution in [0.25, 0.3) is 10.8 Å². The van der Waals surface area contributed by atoms with E-state index in [2.05, 4.69) is 19.5 Å². The summed E-state index contributed by atoms with van der Waals surface area (Å²) in [6.45, 7) is 0. The molecule has 9 nitrogen and oxygen atoms in total. The first-order chi connectivity index (χ1) is 10.4. The minimum absolute atomic E-state index is 0.211. The maximum atomic E-state index is 12.0. The molecule has 0 spiro atoms. The number of rotatable bonds is 5. The highest BCUT2D eigenvalue weighted by atomic mass is 32.2. The van der Waals surface area contributed by atoms with E-state index >= 15 is 0 Å². The van der Waals surface area contributed by atoms with Gasteiger partial charge in [-0.15, -0.1) is 4.33 Å². The van der Waals surface area contributed by atoms with E-state index in [9.17, 15) is 18.1 Å². The average Bonchev–Trinajstić information content (AvgIpc) is 2.46. The lowest BCUT2D eigenvalue weighted by molar-refractivity contribution is -0.432. The zero-order chi connectivity index (χ0) is 16.3. The lowest BCUT2D eigenvalue weighted by Gasteiger charge is -2.20. The van der Waals surface area contributed by atoms with Crippen LogP contribution in [0.3, 0.4) is 0 Å². The fourth-order valence-electron chi connectivity index (χ4n) is 1.77. The number of fused-ring (bicyclic) bond motifs is 1. The van der Waals surface area contributed by atoms with E-state index in [4.69, 9.17) is 13.2 Å².